The van der Waals surface area contributed by atoms with Gasteiger partial charge in [-0.3, -0.25) is 0 Å². The van der Waals surface area contributed by atoms with E-state index in [1.165, 1.54) is 18.9 Å². The Balaban J connectivity index is 2.09. The van der Waals surface area contributed by atoms with Crippen molar-refractivity contribution in [1.29, 1.82) is 0 Å². The lowest BCUT2D eigenvalue weighted by molar-refractivity contribution is 0.726. The van der Waals surface area contributed by atoms with Crippen LogP contribution in [0.1, 0.15) is 26.7 Å². The van der Waals surface area contributed by atoms with E-state index in [0.29, 0.717) is 0 Å². The van der Waals surface area contributed by atoms with E-state index in [9.17, 15) is 0 Å². The summed E-state index contributed by atoms with van der Waals surface area (Å²) in [6, 6.07) is 1.43. The van der Waals surface area contributed by atoms with Gasteiger partial charge in [0.1, 0.15) is 0 Å². The van der Waals surface area contributed by atoms with Gasteiger partial charge < -0.3 is 0 Å². The van der Waals surface area contributed by atoms with Crippen LogP contribution < -0.4 is 0 Å². The average Bonchev–Trinajstić information content (AvgIpc) is 2.87. The van der Waals surface area contributed by atoms with Crippen LogP contribution in [0.3, 0.4) is 0 Å². The van der Waals surface area contributed by atoms with Crippen molar-refractivity contribution in [2.24, 2.45) is 5.92 Å². The van der Waals surface area contributed by atoms with E-state index in [-0.39, 0.29) is 0 Å². The molecule has 2 rings (SSSR count). The molecule has 2 aliphatic carbocycles. The zero-order chi connectivity index (χ0) is 10.7. The fourth-order valence-electron chi connectivity index (χ4n) is 2.46. The predicted molar refractivity (Wildman–Crippen MR) is 70.5 cm³/mol. The molecule has 0 aliphatic heterocycles. The average molecular weight is 216 g/mol. The van der Waals surface area contributed by atoms with E-state index in [1.54, 1.807) is 10.4 Å². The van der Waals surface area contributed by atoms with Crippen LogP contribution in [0.4, 0.5) is 0 Å². The van der Waals surface area contributed by atoms with Gasteiger partial charge >= 0.3 is 0 Å². The molecule has 80 valence electrons. The Morgan fingerprint density at radius 2 is 1.60 bits per heavy atom. The van der Waals surface area contributed by atoms with E-state index >= 15 is 0 Å². The summed E-state index contributed by atoms with van der Waals surface area (Å²) in [5.74, 6) is 0.838. The van der Waals surface area contributed by atoms with E-state index in [4.69, 9.17) is 0 Å². The molecule has 0 atom stereocenters. The van der Waals surface area contributed by atoms with Crippen LogP contribution in [0.15, 0.2) is 46.8 Å². The first-order valence-corrected chi connectivity index (χ1v) is 7.95. The van der Waals surface area contributed by atoms with Gasteiger partial charge in [-0.2, -0.15) is 0 Å². The van der Waals surface area contributed by atoms with E-state index < -0.39 is 8.80 Å². The van der Waals surface area contributed by atoms with Crippen molar-refractivity contribution in [3.8, 4) is 0 Å². The zero-order valence-corrected chi connectivity index (χ0v) is 10.9. The van der Waals surface area contributed by atoms with Gasteiger partial charge in [0, 0.05) is 0 Å². The van der Waals surface area contributed by atoms with Gasteiger partial charge in [-0.05, 0) is 18.8 Å². The molecule has 0 amide bonds. The molecule has 0 aromatic heterocycles. The molecule has 0 saturated heterocycles. The molecule has 0 nitrogen and oxygen atoms in total. The Morgan fingerprint density at radius 1 is 1.07 bits per heavy atom. The maximum absolute atomic E-state index is 2.37. The number of allylic oxidation sites excluding steroid dienone is 8. The van der Waals surface area contributed by atoms with Crippen LogP contribution >= 0.6 is 0 Å². The summed E-state index contributed by atoms with van der Waals surface area (Å²) < 4.78 is 0. The van der Waals surface area contributed by atoms with Crippen molar-refractivity contribution in [1.82, 2.24) is 0 Å². The molecule has 0 bridgehead atoms. The lowest BCUT2D eigenvalue weighted by Crippen LogP contribution is -2.21. The number of hydrogen-bond donors (Lipinski definition) is 0. The third kappa shape index (κ3) is 2.60. The Kier molecular flexibility index (Phi) is 3.42. The van der Waals surface area contributed by atoms with Crippen LogP contribution in [-0.2, 0) is 0 Å². The monoisotopic (exact) mass is 216 g/mol. The number of rotatable bonds is 4. The highest BCUT2D eigenvalue weighted by molar-refractivity contribution is 6.74. The summed E-state index contributed by atoms with van der Waals surface area (Å²) in [6.45, 7) is 4.71. The first-order valence-electron chi connectivity index (χ1n) is 5.98. The van der Waals surface area contributed by atoms with Gasteiger partial charge in [-0.15, -0.1) is 0 Å². The first kappa shape index (κ1) is 10.7. The molecule has 15 heavy (non-hydrogen) atoms. The van der Waals surface area contributed by atoms with Gasteiger partial charge in [0.25, 0.3) is 0 Å². The van der Waals surface area contributed by atoms with Gasteiger partial charge in [0.2, 0.25) is 0 Å². The molecule has 0 N–H and O–H groups in total. The van der Waals surface area contributed by atoms with E-state index in [2.05, 4.69) is 50.3 Å². The van der Waals surface area contributed by atoms with Crippen molar-refractivity contribution in [2.75, 3.05) is 0 Å². The molecular formula is C14H20Si. The Morgan fingerprint density at radius 3 is 1.93 bits per heavy atom. The minimum absolute atomic E-state index is 0.799. The summed E-state index contributed by atoms with van der Waals surface area (Å²) in [7, 11) is -0.799. The van der Waals surface area contributed by atoms with Crippen molar-refractivity contribution in [2.45, 2.75) is 32.7 Å². The molecule has 0 heterocycles. The van der Waals surface area contributed by atoms with Crippen LogP contribution in [0.5, 0.6) is 0 Å². The SMILES string of the molecule is CC(C)C[SiH](C1=CC=CC1)C1=CC=CC1. The molecule has 0 saturated carbocycles. The van der Waals surface area contributed by atoms with Crippen LogP contribution in [0.25, 0.3) is 0 Å². The topological polar surface area (TPSA) is 0 Å². The lowest BCUT2D eigenvalue weighted by atomic mass is 10.3. The quantitative estimate of drug-likeness (QED) is 0.628. The highest BCUT2D eigenvalue weighted by Crippen LogP contribution is 2.28. The van der Waals surface area contributed by atoms with Crippen LogP contribution in [0.2, 0.25) is 6.04 Å². The molecule has 1 heteroatoms. The first-order chi connectivity index (χ1) is 7.27. The molecule has 0 aromatic rings. The van der Waals surface area contributed by atoms with Crippen molar-refractivity contribution >= 4 is 8.80 Å². The largest absolute Gasteiger partial charge is 0.0936 e. The third-order valence-corrected chi connectivity index (χ3v) is 7.26. The second-order valence-electron chi connectivity index (χ2n) is 4.93. The second kappa shape index (κ2) is 4.80. The molecular weight excluding hydrogens is 196 g/mol. The summed E-state index contributed by atoms with van der Waals surface area (Å²) in [5, 5.41) is 3.50. The van der Waals surface area contributed by atoms with Crippen LogP contribution in [-0.4, -0.2) is 8.80 Å². The van der Waals surface area contributed by atoms with Gasteiger partial charge in [-0.25, -0.2) is 0 Å². The highest BCUT2D eigenvalue weighted by Gasteiger charge is 2.22. The van der Waals surface area contributed by atoms with Crippen LogP contribution in [0, 0.1) is 5.92 Å². The van der Waals surface area contributed by atoms with Gasteiger partial charge in [-0.1, -0.05) is 66.7 Å². The van der Waals surface area contributed by atoms with Crippen molar-refractivity contribution in [3.63, 3.8) is 0 Å². The summed E-state index contributed by atoms with van der Waals surface area (Å²) in [5.41, 5.74) is 0. The van der Waals surface area contributed by atoms with Gasteiger partial charge in [0.05, 0.1) is 8.80 Å². The third-order valence-electron chi connectivity index (χ3n) is 3.20. The molecule has 0 unspecified atom stereocenters. The maximum atomic E-state index is 2.37. The Bertz CT molecular complexity index is 312. The smallest absolute Gasteiger partial charge is 0.0809 e. The minimum Gasteiger partial charge on any atom is -0.0809 e. The summed E-state index contributed by atoms with van der Waals surface area (Å²) in [6.07, 6.45) is 16.3. The summed E-state index contributed by atoms with van der Waals surface area (Å²) in [4.78, 5) is 0. The molecule has 0 fully saturated rings. The van der Waals surface area contributed by atoms with Crippen molar-refractivity contribution < 1.29 is 0 Å². The van der Waals surface area contributed by atoms with E-state index in [1.807, 2.05) is 0 Å². The van der Waals surface area contributed by atoms with E-state index in [0.717, 1.165) is 5.92 Å². The standard InChI is InChI=1S/C14H20Si/c1-12(2)11-15(13-7-3-4-8-13)14-9-5-6-10-14/h3-7,9,12,15H,8,10-11H2,1-2H3. The minimum atomic E-state index is -0.799. The Hall–Kier alpha value is -0.823. The fourth-order valence-corrected chi connectivity index (χ4v) is 6.01. The Labute approximate surface area is 94.7 Å². The number of hydrogen-bond acceptors (Lipinski definition) is 0. The van der Waals surface area contributed by atoms with Crippen molar-refractivity contribution in [3.05, 3.63) is 46.8 Å². The highest BCUT2D eigenvalue weighted by atomic mass is 28.3. The molecule has 0 radical (unpaired) electrons. The zero-order valence-electron chi connectivity index (χ0n) is 9.74. The molecule has 0 aromatic carbocycles. The van der Waals surface area contributed by atoms with Gasteiger partial charge in [0.15, 0.2) is 0 Å². The normalized spacial score (nSPS) is 19.2. The summed E-state index contributed by atoms with van der Waals surface area (Å²) >= 11 is 0. The maximum Gasteiger partial charge on any atom is 0.0936 e. The fraction of sp³-hybridized carbons (Fsp3) is 0.429. The molecule has 2 aliphatic rings. The lowest BCUT2D eigenvalue weighted by Gasteiger charge is -2.20. The second-order valence-corrected chi connectivity index (χ2v) is 7.99. The molecule has 0 spiro atoms. The predicted octanol–water partition coefficient (Wildman–Crippen LogP) is 3.72.